The first-order chi connectivity index (χ1) is 3.29. The van der Waals surface area contributed by atoms with Crippen LogP contribution >= 0.6 is 11.6 Å². The first-order valence-electron chi connectivity index (χ1n) is 2.01. The fraction of sp³-hybridized carbons (Fsp3) is 0.500. The first-order valence-corrected chi connectivity index (χ1v) is 2.45. The van der Waals surface area contributed by atoms with E-state index in [-0.39, 0.29) is 5.50 Å². The second-order valence-electron chi connectivity index (χ2n) is 1.40. The van der Waals surface area contributed by atoms with Crippen molar-refractivity contribution in [3.63, 3.8) is 0 Å². The standard InChI is InChI=1S/C4H6ClN2/c1-7-3-2-4(5)6-7/h3-4,6H,1H3. The molecule has 0 aromatic rings. The van der Waals surface area contributed by atoms with Crippen molar-refractivity contribution in [1.29, 1.82) is 0 Å². The Morgan fingerprint density at radius 3 is 2.86 bits per heavy atom. The molecule has 2 nitrogen and oxygen atoms in total. The van der Waals surface area contributed by atoms with Crippen LogP contribution in [0.15, 0.2) is 6.20 Å². The molecular formula is C4H6ClN2. The van der Waals surface area contributed by atoms with E-state index in [0.717, 1.165) is 0 Å². The van der Waals surface area contributed by atoms with E-state index in [1.54, 1.807) is 11.2 Å². The first kappa shape index (κ1) is 4.94. The Bertz CT molecular complexity index is 81.7. The molecule has 7 heavy (non-hydrogen) atoms. The molecule has 1 heterocycles. The Morgan fingerprint density at radius 2 is 2.71 bits per heavy atom. The maximum Gasteiger partial charge on any atom is 0.127 e. The van der Waals surface area contributed by atoms with E-state index < -0.39 is 0 Å². The van der Waals surface area contributed by atoms with Crippen molar-refractivity contribution < 1.29 is 0 Å². The maximum absolute atomic E-state index is 5.51. The van der Waals surface area contributed by atoms with Gasteiger partial charge in [0.15, 0.2) is 0 Å². The van der Waals surface area contributed by atoms with Crippen molar-refractivity contribution in [1.82, 2.24) is 10.4 Å². The Morgan fingerprint density at radius 1 is 2.00 bits per heavy atom. The van der Waals surface area contributed by atoms with Crippen molar-refractivity contribution >= 4 is 11.6 Å². The topological polar surface area (TPSA) is 15.3 Å². The minimum Gasteiger partial charge on any atom is -0.317 e. The van der Waals surface area contributed by atoms with Crippen molar-refractivity contribution in [3.05, 3.63) is 12.3 Å². The summed E-state index contributed by atoms with van der Waals surface area (Å²) in [4.78, 5) is 0. The number of alkyl halides is 1. The molecule has 1 aliphatic heterocycles. The van der Waals surface area contributed by atoms with Crippen LogP contribution in [0.2, 0.25) is 0 Å². The highest BCUT2D eigenvalue weighted by molar-refractivity contribution is 6.21. The van der Waals surface area contributed by atoms with Gasteiger partial charge in [0.25, 0.3) is 0 Å². The van der Waals surface area contributed by atoms with Crippen LogP contribution in [0, 0.1) is 6.08 Å². The van der Waals surface area contributed by atoms with Gasteiger partial charge in [0.1, 0.15) is 5.50 Å². The van der Waals surface area contributed by atoms with E-state index in [1.165, 1.54) is 0 Å². The Balaban J connectivity index is 2.42. The quantitative estimate of drug-likeness (QED) is 0.363. The molecule has 0 fully saturated rings. The van der Waals surface area contributed by atoms with E-state index in [4.69, 9.17) is 11.6 Å². The van der Waals surface area contributed by atoms with Crippen molar-refractivity contribution in [2.75, 3.05) is 7.05 Å². The Hall–Kier alpha value is -0.210. The highest BCUT2D eigenvalue weighted by atomic mass is 35.5. The average Bonchev–Trinajstić information content (AvgIpc) is 1.87. The maximum atomic E-state index is 5.51. The van der Waals surface area contributed by atoms with Gasteiger partial charge in [-0.05, 0) is 0 Å². The summed E-state index contributed by atoms with van der Waals surface area (Å²) in [6, 6.07) is 0. The molecule has 0 saturated heterocycles. The number of rotatable bonds is 0. The zero-order valence-electron chi connectivity index (χ0n) is 3.98. The van der Waals surface area contributed by atoms with Gasteiger partial charge in [-0.1, -0.05) is 11.6 Å². The molecule has 1 aliphatic rings. The van der Waals surface area contributed by atoms with E-state index in [9.17, 15) is 0 Å². The summed E-state index contributed by atoms with van der Waals surface area (Å²) in [5.74, 6) is 0. The number of hydrogen-bond donors (Lipinski definition) is 1. The number of hydrazine groups is 1. The number of halogens is 1. The summed E-state index contributed by atoms with van der Waals surface area (Å²) in [6.45, 7) is 0. The van der Waals surface area contributed by atoms with E-state index >= 15 is 0 Å². The molecule has 1 N–H and O–H groups in total. The molecule has 0 spiro atoms. The van der Waals surface area contributed by atoms with Crippen molar-refractivity contribution in [2.24, 2.45) is 0 Å². The lowest BCUT2D eigenvalue weighted by atomic mass is 10.6. The van der Waals surface area contributed by atoms with Crippen LogP contribution in [-0.4, -0.2) is 17.6 Å². The lowest BCUT2D eigenvalue weighted by molar-refractivity contribution is 0.361. The van der Waals surface area contributed by atoms with Gasteiger partial charge in [-0.3, -0.25) is 0 Å². The third kappa shape index (κ3) is 1.08. The second-order valence-corrected chi connectivity index (χ2v) is 1.83. The SMILES string of the molecule is CN1C=[C]C(Cl)N1. The summed E-state index contributed by atoms with van der Waals surface area (Å²) in [7, 11) is 1.87. The molecule has 1 unspecified atom stereocenters. The van der Waals surface area contributed by atoms with Crippen LogP contribution in [-0.2, 0) is 0 Å². The van der Waals surface area contributed by atoms with Gasteiger partial charge in [0.05, 0.1) is 0 Å². The Labute approximate surface area is 47.7 Å². The largest absolute Gasteiger partial charge is 0.317 e. The molecular weight excluding hydrogens is 112 g/mol. The van der Waals surface area contributed by atoms with Gasteiger partial charge in [-0.25, -0.2) is 5.43 Å². The summed E-state index contributed by atoms with van der Waals surface area (Å²) in [6.07, 6.45) is 4.59. The third-order valence-corrected chi connectivity index (χ3v) is 0.955. The molecule has 0 aromatic carbocycles. The zero-order valence-corrected chi connectivity index (χ0v) is 4.74. The molecule has 1 rings (SSSR count). The fourth-order valence-corrected chi connectivity index (χ4v) is 0.641. The minimum atomic E-state index is -0.134. The summed E-state index contributed by atoms with van der Waals surface area (Å²) in [5.41, 5.74) is 2.71. The monoisotopic (exact) mass is 117 g/mol. The molecule has 0 aliphatic carbocycles. The number of nitrogens with zero attached hydrogens (tertiary/aromatic N) is 1. The zero-order chi connectivity index (χ0) is 5.28. The molecule has 0 saturated carbocycles. The van der Waals surface area contributed by atoms with Gasteiger partial charge in [-0.15, -0.1) is 0 Å². The van der Waals surface area contributed by atoms with Crippen molar-refractivity contribution in [2.45, 2.75) is 5.50 Å². The highest BCUT2D eigenvalue weighted by Crippen LogP contribution is 1.99. The van der Waals surface area contributed by atoms with Crippen molar-refractivity contribution in [3.8, 4) is 0 Å². The second kappa shape index (κ2) is 1.72. The smallest absolute Gasteiger partial charge is 0.127 e. The number of nitrogens with one attached hydrogen (secondary N) is 1. The van der Waals surface area contributed by atoms with Gasteiger partial charge in [0, 0.05) is 19.3 Å². The lowest BCUT2D eigenvalue weighted by Crippen LogP contribution is -2.28. The lowest BCUT2D eigenvalue weighted by Gasteiger charge is -2.07. The van der Waals surface area contributed by atoms with Crippen LogP contribution in [0.4, 0.5) is 0 Å². The van der Waals surface area contributed by atoms with Crippen LogP contribution < -0.4 is 5.43 Å². The van der Waals surface area contributed by atoms with Gasteiger partial charge in [0.2, 0.25) is 0 Å². The number of hydrogen-bond acceptors (Lipinski definition) is 2. The molecule has 0 aromatic heterocycles. The normalized spacial score (nSPS) is 29.4. The Kier molecular flexibility index (Phi) is 1.21. The van der Waals surface area contributed by atoms with Gasteiger partial charge >= 0.3 is 0 Å². The summed E-state index contributed by atoms with van der Waals surface area (Å²) < 4.78 is 0. The van der Waals surface area contributed by atoms with Gasteiger partial charge < -0.3 is 5.01 Å². The fourth-order valence-electron chi connectivity index (χ4n) is 0.431. The predicted octanol–water partition coefficient (Wildman–Crippen LogP) is 0.318. The summed E-state index contributed by atoms with van der Waals surface area (Å²) in [5, 5.41) is 1.76. The van der Waals surface area contributed by atoms with Crippen LogP contribution in [0.25, 0.3) is 0 Å². The van der Waals surface area contributed by atoms with E-state index in [2.05, 4.69) is 11.5 Å². The predicted molar refractivity (Wildman–Crippen MR) is 28.4 cm³/mol. The van der Waals surface area contributed by atoms with E-state index in [0.29, 0.717) is 0 Å². The average molecular weight is 118 g/mol. The van der Waals surface area contributed by atoms with E-state index in [1.807, 2.05) is 7.05 Å². The molecule has 0 bridgehead atoms. The van der Waals surface area contributed by atoms with Crippen LogP contribution in [0.5, 0.6) is 0 Å². The summed E-state index contributed by atoms with van der Waals surface area (Å²) >= 11 is 5.51. The molecule has 39 valence electrons. The minimum absolute atomic E-state index is 0.134. The molecule has 1 atom stereocenters. The molecule has 3 heteroatoms. The van der Waals surface area contributed by atoms with Crippen LogP contribution in [0.3, 0.4) is 0 Å². The highest BCUT2D eigenvalue weighted by Gasteiger charge is 2.06. The molecule has 1 radical (unpaired) electrons. The molecule has 0 amide bonds. The third-order valence-electron chi connectivity index (χ3n) is 0.731. The van der Waals surface area contributed by atoms with Crippen LogP contribution in [0.1, 0.15) is 0 Å². The van der Waals surface area contributed by atoms with Gasteiger partial charge in [-0.2, -0.15) is 0 Å².